The molecule has 90 valence electrons. The Kier molecular flexibility index (Phi) is 3.98. The Labute approximate surface area is 102 Å². The molecule has 1 fully saturated rings. The number of hydrogen-bond acceptors (Lipinski definition) is 3. The Balaban J connectivity index is 2.11. The van der Waals surface area contributed by atoms with Crippen LogP contribution in [0.4, 0.5) is 0 Å². The molecule has 1 heterocycles. The number of nitrogens with two attached hydrogens (primary N) is 1. The first-order valence-electron chi connectivity index (χ1n) is 6.43. The zero-order chi connectivity index (χ0) is 11.5. The normalized spacial score (nSPS) is 25.9. The molecule has 2 rings (SSSR count). The molecule has 0 atom stereocenters. The second kappa shape index (κ2) is 5.28. The van der Waals surface area contributed by atoms with Crippen LogP contribution in [0.3, 0.4) is 0 Å². The number of nitrogens with zero attached hydrogens (tertiary/aromatic N) is 1. The second-order valence-corrected chi connectivity index (χ2v) is 6.05. The van der Waals surface area contributed by atoms with Gasteiger partial charge in [0.05, 0.1) is 10.7 Å². The summed E-state index contributed by atoms with van der Waals surface area (Å²) >= 11 is 1.86. The zero-order valence-electron chi connectivity index (χ0n) is 10.3. The van der Waals surface area contributed by atoms with E-state index in [2.05, 4.69) is 13.8 Å². The van der Waals surface area contributed by atoms with Crippen molar-refractivity contribution in [3.8, 4) is 0 Å². The first kappa shape index (κ1) is 12.1. The summed E-state index contributed by atoms with van der Waals surface area (Å²) in [4.78, 5) is 6.09. The van der Waals surface area contributed by atoms with Crippen LogP contribution in [0.5, 0.6) is 0 Å². The summed E-state index contributed by atoms with van der Waals surface area (Å²) in [7, 11) is 0. The summed E-state index contributed by atoms with van der Waals surface area (Å²) < 4.78 is 0. The van der Waals surface area contributed by atoms with Crippen molar-refractivity contribution in [2.75, 3.05) is 0 Å². The number of aromatic nitrogens is 1. The summed E-state index contributed by atoms with van der Waals surface area (Å²) in [5.41, 5.74) is 7.00. The van der Waals surface area contributed by atoms with Gasteiger partial charge in [-0.2, -0.15) is 0 Å². The Bertz CT molecular complexity index is 316. The van der Waals surface area contributed by atoms with Gasteiger partial charge in [-0.3, -0.25) is 0 Å². The van der Waals surface area contributed by atoms with Crippen LogP contribution in [-0.2, 0) is 13.0 Å². The molecule has 1 aromatic heterocycles. The fraction of sp³-hybridized carbons (Fsp3) is 0.769. The lowest BCUT2D eigenvalue weighted by Crippen LogP contribution is -2.10. The van der Waals surface area contributed by atoms with Crippen LogP contribution < -0.4 is 5.73 Å². The van der Waals surface area contributed by atoms with Crippen LogP contribution in [0.15, 0.2) is 0 Å². The predicted molar refractivity (Wildman–Crippen MR) is 69.8 cm³/mol. The zero-order valence-corrected chi connectivity index (χ0v) is 11.1. The molecule has 0 bridgehead atoms. The average Bonchev–Trinajstić information content (AvgIpc) is 2.73. The molecule has 2 nitrogen and oxygen atoms in total. The summed E-state index contributed by atoms with van der Waals surface area (Å²) in [6.45, 7) is 5.19. The standard InChI is InChI=1S/C13H22N2S/c1-3-11-12(8-14)16-13(15-11)10-6-4-9(2)5-7-10/h9-10H,3-8,14H2,1-2H3. The molecule has 16 heavy (non-hydrogen) atoms. The number of hydrogen-bond donors (Lipinski definition) is 1. The summed E-state index contributed by atoms with van der Waals surface area (Å²) in [6.07, 6.45) is 6.39. The Morgan fingerprint density at radius 3 is 2.50 bits per heavy atom. The quantitative estimate of drug-likeness (QED) is 0.876. The molecule has 2 N–H and O–H groups in total. The third kappa shape index (κ3) is 2.46. The van der Waals surface area contributed by atoms with Gasteiger partial charge in [-0.25, -0.2) is 4.98 Å². The molecule has 0 radical (unpaired) electrons. The maximum atomic E-state index is 5.76. The molecule has 0 spiro atoms. The second-order valence-electron chi connectivity index (χ2n) is 4.94. The van der Waals surface area contributed by atoms with Gasteiger partial charge in [-0.15, -0.1) is 11.3 Å². The van der Waals surface area contributed by atoms with E-state index in [0.29, 0.717) is 12.5 Å². The van der Waals surface area contributed by atoms with E-state index in [1.165, 1.54) is 41.3 Å². The van der Waals surface area contributed by atoms with Crippen LogP contribution in [0, 0.1) is 5.92 Å². The van der Waals surface area contributed by atoms with Crippen LogP contribution in [0.25, 0.3) is 0 Å². The smallest absolute Gasteiger partial charge is 0.0962 e. The highest BCUT2D eigenvalue weighted by Gasteiger charge is 2.23. The van der Waals surface area contributed by atoms with E-state index in [9.17, 15) is 0 Å². The molecule has 1 aliphatic carbocycles. The van der Waals surface area contributed by atoms with Gasteiger partial charge in [0, 0.05) is 17.3 Å². The van der Waals surface area contributed by atoms with Crippen LogP contribution >= 0.6 is 11.3 Å². The molecular formula is C13H22N2S. The molecular weight excluding hydrogens is 216 g/mol. The minimum atomic E-state index is 0.657. The monoisotopic (exact) mass is 238 g/mol. The van der Waals surface area contributed by atoms with Crippen LogP contribution in [0.2, 0.25) is 0 Å². The molecule has 3 heteroatoms. The topological polar surface area (TPSA) is 38.9 Å². The molecule has 0 aromatic carbocycles. The fourth-order valence-electron chi connectivity index (χ4n) is 2.52. The summed E-state index contributed by atoms with van der Waals surface area (Å²) in [6, 6.07) is 0. The first-order chi connectivity index (χ1) is 7.74. The van der Waals surface area contributed by atoms with E-state index in [1.54, 1.807) is 0 Å². The largest absolute Gasteiger partial charge is 0.326 e. The number of thiazole rings is 1. The highest BCUT2D eigenvalue weighted by Crippen LogP contribution is 2.38. The van der Waals surface area contributed by atoms with Crippen molar-refractivity contribution < 1.29 is 0 Å². The van der Waals surface area contributed by atoms with Gasteiger partial charge >= 0.3 is 0 Å². The third-order valence-corrected chi connectivity index (χ3v) is 4.96. The maximum absolute atomic E-state index is 5.76. The molecule has 0 saturated heterocycles. The van der Waals surface area contributed by atoms with Gasteiger partial charge in [-0.1, -0.05) is 26.7 Å². The molecule has 1 aromatic rings. The fourth-order valence-corrected chi connectivity index (χ4v) is 3.72. The SMILES string of the molecule is CCc1nc(C2CCC(C)CC2)sc1CN. The predicted octanol–water partition coefficient (Wildman–Crippen LogP) is 3.46. The lowest BCUT2D eigenvalue weighted by atomic mass is 9.83. The van der Waals surface area contributed by atoms with Gasteiger partial charge < -0.3 is 5.73 Å². The van der Waals surface area contributed by atoms with Crippen molar-refractivity contribution in [2.45, 2.75) is 58.4 Å². The van der Waals surface area contributed by atoms with Gasteiger partial charge in [0.2, 0.25) is 0 Å². The number of aryl methyl sites for hydroxylation is 1. The Hall–Kier alpha value is -0.410. The van der Waals surface area contributed by atoms with Gasteiger partial charge in [-0.05, 0) is 25.2 Å². The maximum Gasteiger partial charge on any atom is 0.0962 e. The van der Waals surface area contributed by atoms with Crippen LogP contribution in [-0.4, -0.2) is 4.98 Å². The van der Waals surface area contributed by atoms with Crippen molar-refractivity contribution in [1.82, 2.24) is 4.98 Å². The molecule has 1 aliphatic rings. The van der Waals surface area contributed by atoms with Crippen molar-refractivity contribution in [2.24, 2.45) is 11.7 Å². The Morgan fingerprint density at radius 1 is 1.31 bits per heavy atom. The average molecular weight is 238 g/mol. The van der Waals surface area contributed by atoms with E-state index in [1.807, 2.05) is 11.3 Å². The minimum Gasteiger partial charge on any atom is -0.326 e. The first-order valence-corrected chi connectivity index (χ1v) is 7.24. The highest BCUT2D eigenvalue weighted by atomic mass is 32.1. The van der Waals surface area contributed by atoms with E-state index in [0.717, 1.165) is 12.3 Å². The summed E-state index contributed by atoms with van der Waals surface area (Å²) in [5.74, 6) is 1.63. The van der Waals surface area contributed by atoms with Crippen molar-refractivity contribution in [1.29, 1.82) is 0 Å². The van der Waals surface area contributed by atoms with Gasteiger partial charge in [0.1, 0.15) is 0 Å². The lowest BCUT2D eigenvalue weighted by Gasteiger charge is -2.24. The number of rotatable bonds is 3. The minimum absolute atomic E-state index is 0.657. The van der Waals surface area contributed by atoms with Crippen LogP contribution in [0.1, 0.15) is 61.0 Å². The molecule has 0 unspecified atom stereocenters. The Morgan fingerprint density at radius 2 is 2.00 bits per heavy atom. The van der Waals surface area contributed by atoms with Crippen molar-refractivity contribution in [3.63, 3.8) is 0 Å². The van der Waals surface area contributed by atoms with Gasteiger partial charge in [0.15, 0.2) is 0 Å². The lowest BCUT2D eigenvalue weighted by molar-refractivity contribution is 0.347. The van der Waals surface area contributed by atoms with Crippen molar-refractivity contribution >= 4 is 11.3 Å². The van der Waals surface area contributed by atoms with E-state index >= 15 is 0 Å². The highest BCUT2D eigenvalue weighted by molar-refractivity contribution is 7.11. The van der Waals surface area contributed by atoms with Gasteiger partial charge in [0.25, 0.3) is 0 Å². The van der Waals surface area contributed by atoms with Crippen molar-refractivity contribution in [3.05, 3.63) is 15.6 Å². The van der Waals surface area contributed by atoms with E-state index in [-0.39, 0.29) is 0 Å². The molecule has 0 aliphatic heterocycles. The van der Waals surface area contributed by atoms with E-state index < -0.39 is 0 Å². The van der Waals surface area contributed by atoms with E-state index in [4.69, 9.17) is 10.7 Å². The summed E-state index contributed by atoms with van der Waals surface area (Å²) in [5, 5.41) is 1.35. The molecule has 0 amide bonds. The molecule has 1 saturated carbocycles. The third-order valence-electron chi connectivity index (χ3n) is 3.68.